The minimum atomic E-state index is 0.549. The Hall–Kier alpha value is -1.32. The van der Waals surface area contributed by atoms with E-state index in [4.69, 9.17) is 5.73 Å². The summed E-state index contributed by atoms with van der Waals surface area (Å²) in [7, 11) is 2.03. The molecule has 0 bridgehead atoms. The highest BCUT2D eigenvalue weighted by molar-refractivity contribution is 5.46. The Bertz CT molecular complexity index is 322. The van der Waals surface area contributed by atoms with Crippen molar-refractivity contribution in [3.63, 3.8) is 0 Å². The molecule has 84 valence electrons. The van der Waals surface area contributed by atoms with E-state index in [1.165, 1.54) is 0 Å². The Balaban J connectivity index is 2.88. The number of aromatic nitrogens is 2. The van der Waals surface area contributed by atoms with Gasteiger partial charge in [-0.2, -0.15) is 0 Å². The largest absolute Gasteiger partial charge is 0.384 e. The number of hydrogen-bond acceptors (Lipinski definition) is 4. The van der Waals surface area contributed by atoms with Crippen molar-refractivity contribution in [3.05, 3.63) is 11.9 Å². The lowest BCUT2D eigenvalue weighted by atomic mass is 10.2. The van der Waals surface area contributed by atoms with E-state index in [1.807, 2.05) is 20.0 Å². The molecule has 0 atom stereocenters. The normalized spacial score (nSPS) is 10.7. The highest BCUT2D eigenvalue weighted by atomic mass is 15.2. The summed E-state index contributed by atoms with van der Waals surface area (Å²) in [6.45, 7) is 7.37. The number of nitrogen functional groups attached to an aromatic ring is 1. The molecule has 1 aromatic heterocycles. The predicted molar refractivity (Wildman–Crippen MR) is 63.9 cm³/mol. The Morgan fingerprint density at radius 3 is 2.60 bits per heavy atom. The van der Waals surface area contributed by atoms with Crippen LogP contribution in [0.25, 0.3) is 0 Å². The molecule has 0 aliphatic rings. The number of hydrogen-bond donors (Lipinski definition) is 1. The number of anilines is 2. The van der Waals surface area contributed by atoms with Gasteiger partial charge in [0.1, 0.15) is 17.5 Å². The smallest absolute Gasteiger partial charge is 0.134 e. The van der Waals surface area contributed by atoms with Gasteiger partial charge in [0.15, 0.2) is 0 Å². The molecule has 0 aliphatic heterocycles. The zero-order valence-electron chi connectivity index (χ0n) is 9.99. The van der Waals surface area contributed by atoms with Crippen LogP contribution in [0.4, 0.5) is 11.6 Å². The van der Waals surface area contributed by atoms with Crippen LogP contribution in [-0.2, 0) is 6.42 Å². The van der Waals surface area contributed by atoms with Crippen molar-refractivity contribution in [2.24, 2.45) is 5.92 Å². The highest BCUT2D eigenvalue weighted by Gasteiger charge is 2.07. The molecular weight excluding hydrogens is 188 g/mol. The van der Waals surface area contributed by atoms with Crippen LogP contribution in [0.5, 0.6) is 0 Å². The van der Waals surface area contributed by atoms with Gasteiger partial charge in [-0.15, -0.1) is 0 Å². The standard InChI is InChI=1S/C11H20N4/c1-5-10-13-9(12)6-11(14-10)15(4)7-8(2)3/h6,8H,5,7H2,1-4H3,(H2,12,13,14). The van der Waals surface area contributed by atoms with Crippen LogP contribution in [0.2, 0.25) is 0 Å². The van der Waals surface area contributed by atoms with E-state index in [9.17, 15) is 0 Å². The minimum absolute atomic E-state index is 0.549. The van der Waals surface area contributed by atoms with Crippen molar-refractivity contribution in [2.75, 3.05) is 24.2 Å². The van der Waals surface area contributed by atoms with Crippen LogP contribution in [0.15, 0.2) is 6.07 Å². The summed E-state index contributed by atoms with van der Waals surface area (Å²) in [5.74, 6) is 2.87. The average Bonchev–Trinajstić information content (AvgIpc) is 2.15. The lowest BCUT2D eigenvalue weighted by molar-refractivity contribution is 0.633. The molecule has 0 radical (unpaired) electrons. The molecule has 0 unspecified atom stereocenters. The summed E-state index contributed by atoms with van der Waals surface area (Å²) in [5, 5.41) is 0. The molecule has 0 fully saturated rings. The maximum atomic E-state index is 5.73. The molecule has 4 heteroatoms. The molecule has 0 saturated carbocycles. The Kier molecular flexibility index (Phi) is 3.88. The van der Waals surface area contributed by atoms with Gasteiger partial charge in [0.2, 0.25) is 0 Å². The van der Waals surface area contributed by atoms with E-state index < -0.39 is 0 Å². The Labute approximate surface area is 91.5 Å². The summed E-state index contributed by atoms with van der Waals surface area (Å²) in [6, 6.07) is 1.82. The van der Waals surface area contributed by atoms with E-state index in [-0.39, 0.29) is 0 Å². The van der Waals surface area contributed by atoms with Crippen LogP contribution in [0, 0.1) is 5.92 Å². The third kappa shape index (κ3) is 3.38. The van der Waals surface area contributed by atoms with Crippen molar-refractivity contribution in [1.29, 1.82) is 0 Å². The topological polar surface area (TPSA) is 55.0 Å². The van der Waals surface area contributed by atoms with Gasteiger partial charge in [-0.3, -0.25) is 0 Å². The fourth-order valence-electron chi connectivity index (χ4n) is 1.50. The lowest BCUT2D eigenvalue weighted by Gasteiger charge is -2.20. The van der Waals surface area contributed by atoms with Crippen molar-refractivity contribution >= 4 is 11.6 Å². The molecule has 1 rings (SSSR count). The second-order valence-electron chi connectivity index (χ2n) is 4.20. The molecule has 15 heavy (non-hydrogen) atoms. The first-order valence-corrected chi connectivity index (χ1v) is 5.37. The van der Waals surface area contributed by atoms with E-state index in [2.05, 4.69) is 28.7 Å². The van der Waals surface area contributed by atoms with E-state index >= 15 is 0 Å². The van der Waals surface area contributed by atoms with Gasteiger partial charge in [-0.05, 0) is 5.92 Å². The van der Waals surface area contributed by atoms with E-state index in [0.717, 1.165) is 24.6 Å². The maximum absolute atomic E-state index is 5.73. The number of rotatable bonds is 4. The highest BCUT2D eigenvalue weighted by Crippen LogP contribution is 2.14. The van der Waals surface area contributed by atoms with Crippen LogP contribution in [0.1, 0.15) is 26.6 Å². The number of nitrogens with two attached hydrogens (primary N) is 1. The minimum Gasteiger partial charge on any atom is -0.384 e. The van der Waals surface area contributed by atoms with Crippen LogP contribution in [0.3, 0.4) is 0 Å². The van der Waals surface area contributed by atoms with Gasteiger partial charge in [-0.1, -0.05) is 20.8 Å². The second kappa shape index (κ2) is 4.96. The quantitative estimate of drug-likeness (QED) is 0.818. The summed E-state index contributed by atoms with van der Waals surface area (Å²) < 4.78 is 0. The zero-order valence-corrected chi connectivity index (χ0v) is 9.99. The van der Waals surface area contributed by atoms with Crippen LogP contribution < -0.4 is 10.6 Å². The first-order valence-electron chi connectivity index (χ1n) is 5.37. The number of aryl methyl sites for hydroxylation is 1. The maximum Gasteiger partial charge on any atom is 0.134 e. The Morgan fingerprint density at radius 1 is 1.40 bits per heavy atom. The molecule has 2 N–H and O–H groups in total. The van der Waals surface area contributed by atoms with Crippen molar-refractivity contribution < 1.29 is 0 Å². The summed E-state index contributed by atoms with van der Waals surface area (Å²) in [5.41, 5.74) is 5.73. The third-order valence-electron chi connectivity index (χ3n) is 2.13. The molecule has 0 saturated heterocycles. The molecular formula is C11H20N4. The van der Waals surface area contributed by atoms with Gasteiger partial charge < -0.3 is 10.6 Å². The van der Waals surface area contributed by atoms with Gasteiger partial charge in [0.25, 0.3) is 0 Å². The average molecular weight is 208 g/mol. The summed E-state index contributed by atoms with van der Waals surface area (Å²) in [6.07, 6.45) is 0.813. The van der Waals surface area contributed by atoms with Gasteiger partial charge in [0, 0.05) is 26.1 Å². The fourth-order valence-corrected chi connectivity index (χ4v) is 1.50. The van der Waals surface area contributed by atoms with Crippen LogP contribution in [-0.4, -0.2) is 23.6 Å². The Morgan fingerprint density at radius 2 is 2.07 bits per heavy atom. The number of nitrogens with zero attached hydrogens (tertiary/aromatic N) is 3. The van der Waals surface area contributed by atoms with Crippen molar-refractivity contribution in [3.8, 4) is 0 Å². The van der Waals surface area contributed by atoms with E-state index in [1.54, 1.807) is 0 Å². The molecule has 0 aliphatic carbocycles. The molecule has 1 aromatic rings. The molecule has 0 amide bonds. The predicted octanol–water partition coefficient (Wildman–Crippen LogP) is 1.71. The van der Waals surface area contributed by atoms with Gasteiger partial charge in [-0.25, -0.2) is 9.97 Å². The van der Waals surface area contributed by atoms with Gasteiger partial charge in [0.05, 0.1) is 0 Å². The monoisotopic (exact) mass is 208 g/mol. The first kappa shape index (κ1) is 11.8. The van der Waals surface area contributed by atoms with Crippen molar-refractivity contribution in [2.45, 2.75) is 27.2 Å². The van der Waals surface area contributed by atoms with Crippen molar-refractivity contribution in [1.82, 2.24) is 9.97 Å². The molecule has 4 nitrogen and oxygen atoms in total. The lowest BCUT2D eigenvalue weighted by Crippen LogP contribution is -2.24. The molecule has 1 heterocycles. The second-order valence-corrected chi connectivity index (χ2v) is 4.20. The molecule has 0 aromatic carbocycles. The van der Waals surface area contributed by atoms with Crippen LogP contribution >= 0.6 is 0 Å². The third-order valence-corrected chi connectivity index (χ3v) is 2.13. The SMILES string of the molecule is CCc1nc(N)cc(N(C)CC(C)C)n1. The van der Waals surface area contributed by atoms with E-state index in [0.29, 0.717) is 11.7 Å². The summed E-state index contributed by atoms with van der Waals surface area (Å²) in [4.78, 5) is 10.7. The summed E-state index contributed by atoms with van der Waals surface area (Å²) >= 11 is 0. The first-order chi connectivity index (χ1) is 7.02. The zero-order chi connectivity index (χ0) is 11.4. The molecule has 0 spiro atoms. The van der Waals surface area contributed by atoms with Gasteiger partial charge >= 0.3 is 0 Å². The fraction of sp³-hybridized carbons (Fsp3) is 0.636.